The minimum Gasteiger partial charge on any atom is -0.483 e. The lowest BCUT2D eigenvalue weighted by atomic mass is 10.1. The molecule has 108 valence electrons. The van der Waals surface area contributed by atoms with Crippen molar-refractivity contribution in [3.63, 3.8) is 0 Å². The molecule has 2 aromatic carbocycles. The first-order valence-corrected chi connectivity index (χ1v) is 5.90. The maximum atomic E-state index is 13.6. The lowest BCUT2D eigenvalue weighted by molar-refractivity contribution is 0.0696. The van der Waals surface area contributed by atoms with Gasteiger partial charge in [0.05, 0.1) is 5.56 Å². The molecule has 6 heteroatoms. The second-order valence-electron chi connectivity index (χ2n) is 4.22. The summed E-state index contributed by atoms with van der Waals surface area (Å²) in [6.45, 7) is -0.131. The van der Waals surface area contributed by atoms with E-state index in [1.54, 1.807) is 0 Å². The Hall–Kier alpha value is -2.76. The van der Waals surface area contributed by atoms with E-state index < -0.39 is 23.4 Å². The van der Waals surface area contributed by atoms with E-state index in [4.69, 9.17) is 9.84 Å². The highest BCUT2D eigenvalue weighted by molar-refractivity contribution is 5.87. The molecule has 0 amide bonds. The van der Waals surface area contributed by atoms with Crippen LogP contribution in [0.3, 0.4) is 0 Å². The second kappa shape index (κ2) is 6.13. The predicted octanol–water partition coefficient (Wildman–Crippen LogP) is 3.05. The average Bonchev–Trinajstić information content (AvgIpc) is 2.46. The van der Waals surface area contributed by atoms with Gasteiger partial charge in [-0.2, -0.15) is 0 Å². The van der Waals surface area contributed by atoms with Crippen LogP contribution < -0.4 is 4.74 Å². The van der Waals surface area contributed by atoms with Gasteiger partial charge in [-0.15, -0.1) is 0 Å². The molecular weight excluding hydrogens is 282 g/mol. The zero-order chi connectivity index (χ0) is 15.4. The molecule has 0 aliphatic heterocycles. The van der Waals surface area contributed by atoms with Crippen molar-refractivity contribution in [2.75, 3.05) is 0 Å². The SMILES string of the molecule is O=Cc1cc(F)c(OCc2ccc(C(=O)O)cc2)c(F)c1. The maximum absolute atomic E-state index is 13.6. The van der Waals surface area contributed by atoms with Gasteiger partial charge in [0.1, 0.15) is 12.9 Å². The van der Waals surface area contributed by atoms with Crippen LogP contribution in [0.25, 0.3) is 0 Å². The van der Waals surface area contributed by atoms with Crippen molar-refractivity contribution >= 4 is 12.3 Å². The Morgan fingerprint density at radius 1 is 1.14 bits per heavy atom. The molecule has 0 bridgehead atoms. The van der Waals surface area contributed by atoms with Crippen LogP contribution in [-0.4, -0.2) is 17.4 Å². The minimum absolute atomic E-state index is 0.103. The highest BCUT2D eigenvalue weighted by Crippen LogP contribution is 2.23. The molecule has 0 aliphatic carbocycles. The van der Waals surface area contributed by atoms with Crippen molar-refractivity contribution in [3.05, 3.63) is 64.7 Å². The molecule has 0 atom stereocenters. The third-order valence-electron chi connectivity index (χ3n) is 2.74. The van der Waals surface area contributed by atoms with Crippen molar-refractivity contribution in [3.8, 4) is 5.75 Å². The van der Waals surface area contributed by atoms with E-state index >= 15 is 0 Å². The van der Waals surface area contributed by atoms with Crippen molar-refractivity contribution in [2.24, 2.45) is 0 Å². The zero-order valence-corrected chi connectivity index (χ0v) is 10.7. The highest BCUT2D eigenvalue weighted by Gasteiger charge is 2.13. The molecule has 0 spiro atoms. The molecule has 2 rings (SSSR count). The summed E-state index contributed by atoms with van der Waals surface area (Å²) in [5.41, 5.74) is 0.535. The van der Waals surface area contributed by atoms with Gasteiger partial charge in [0.25, 0.3) is 0 Å². The number of carbonyl (C=O) groups is 2. The summed E-state index contributed by atoms with van der Waals surface area (Å²) in [5.74, 6) is -3.59. The van der Waals surface area contributed by atoms with E-state index in [1.807, 2.05) is 0 Å². The van der Waals surface area contributed by atoms with Gasteiger partial charge in [-0.1, -0.05) is 12.1 Å². The molecule has 0 unspecified atom stereocenters. The minimum atomic E-state index is -1.07. The van der Waals surface area contributed by atoms with Crippen molar-refractivity contribution < 1.29 is 28.2 Å². The number of hydrogen-bond acceptors (Lipinski definition) is 3. The van der Waals surface area contributed by atoms with Gasteiger partial charge in [-0.25, -0.2) is 13.6 Å². The van der Waals surface area contributed by atoms with Crippen LogP contribution in [0.2, 0.25) is 0 Å². The van der Waals surface area contributed by atoms with Crippen molar-refractivity contribution in [1.29, 1.82) is 0 Å². The monoisotopic (exact) mass is 292 g/mol. The lowest BCUT2D eigenvalue weighted by Gasteiger charge is -2.09. The third-order valence-corrected chi connectivity index (χ3v) is 2.74. The summed E-state index contributed by atoms with van der Waals surface area (Å²) >= 11 is 0. The van der Waals surface area contributed by atoms with Gasteiger partial charge in [0.15, 0.2) is 17.4 Å². The molecular formula is C15H10F2O4. The number of rotatable bonds is 5. The van der Waals surface area contributed by atoms with Crippen LogP contribution in [0.15, 0.2) is 36.4 Å². The number of hydrogen-bond donors (Lipinski definition) is 1. The Labute approximate surface area is 118 Å². The van der Waals surface area contributed by atoms with E-state index in [-0.39, 0.29) is 17.7 Å². The summed E-state index contributed by atoms with van der Waals surface area (Å²) in [6.07, 6.45) is 0.334. The molecule has 0 aromatic heterocycles. The molecule has 0 fully saturated rings. The number of carboxylic acids is 1. The van der Waals surface area contributed by atoms with Gasteiger partial charge in [-0.05, 0) is 29.8 Å². The standard InChI is InChI=1S/C15H10F2O4/c16-12-5-10(7-18)6-13(17)14(12)21-8-9-1-3-11(4-2-9)15(19)20/h1-7H,8H2,(H,19,20). The molecule has 0 saturated heterocycles. The van der Waals surface area contributed by atoms with E-state index in [2.05, 4.69) is 0 Å². The van der Waals surface area contributed by atoms with Crippen LogP contribution in [0, 0.1) is 11.6 Å². The van der Waals surface area contributed by atoms with Gasteiger partial charge < -0.3 is 9.84 Å². The summed E-state index contributed by atoms with van der Waals surface area (Å²) in [7, 11) is 0. The Kier molecular flexibility index (Phi) is 4.27. The molecule has 0 radical (unpaired) electrons. The van der Waals surface area contributed by atoms with Gasteiger partial charge >= 0.3 is 5.97 Å². The molecule has 2 aromatic rings. The number of aldehydes is 1. The van der Waals surface area contributed by atoms with E-state index in [0.29, 0.717) is 11.8 Å². The van der Waals surface area contributed by atoms with E-state index in [9.17, 15) is 18.4 Å². The lowest BCUT2D eigenvalue weighted by Crippen LogP contribution is -2.02. The van der Waals surface area contributed by atoms with Crippen LogP contribution in [0.1, 0.15) is 26.3 Å². The predicted molar refractivity (Wildman–Crippen MR) is 69.5 cm³/mol. The average molecular weight is 292 g/mol. The van der Waals surface area contributed by atoms with Gasteiger partial charge in [0.2, 0.25) is 0 Å². The molecule has 4 nitrogen and oxygen atoms in total. The van der Waals surface area contributed by atoms with Gasteiger partial charge in [-0.3, -0.25) is 4.79 Å². The summed E-state index contributed by atoms with van der Waals surface area (Å²) < 4.78 is 32.2. The zero-order valence-electron chi connectivity index (χ0n) is 10.7. The molecule has 1 N–H and O–H groups in total. The first-order chi connectivity index (χ1) is 10.0. The normalized spacial score (nSPS) is 10.2. The van der Waals surface area contributed by atoms with Crippen molar-refractivity contribution in [2.45, 2.75) is 6.61 Å². The number of ether oxygens (including phenoxy) is 1. The van der Waals surface area contributed by atoms with Crippen molar-refractivity contribution in [1.82, 2.24) is 0 Å². The fourth-order valence-corrected chi connectivity index (χ4v) is 1.68. The quantitative estimate of drug-likeness (QED) is 0.860. The Balaban J connectivity index is 2.13. The van der Waals surface area contributed by atoms with Crippen LogP contribution in [-0.2, 0) is 6.61 Å². The number of halogens is 2. The molecule has 21 heavy (non-hydrogen) atoms. The Bertz CT molecular complexity index is 658. The van der Waals surface area contributed by atoms with E-state index in [1.165, 1.54) is 24.3 Å². The smallest absolute Gasteiger partial charge is 0.335 e. The van der Waals surface area contributed by atoms with Gasteiger partial charge in [0, 0.05) is 5.56 Å². The molecule has 0 saturated carbocycles. The third kappa shape index (κ3) is 3.42. The maximum Gasteiger partial charge on any atom is 0.335 e. The Morgan fingerprint density at radius 2 is 1.71 bits per heavy atom. The summed E-state index contributed by atoms with van der Waals surface area (Å²) in [4.78, 5) is 21.1. The first-order valence-electron chi connectivity index (χ1n) is 5.90. The summed E-state index contributed by atoms with van der Waals surface area (Å²) in [6, 6.07) is 7.45. The fourth-order valence-electron chi connectivity index (χ4n) is 1.68. The van der Waals surface area contributed by atoms with Crippen LogP contribution in [0.5, 0.6) is 5.75 Å². The number of benzene rings is 2. The summed E-state index contributed by atoms with van der Waals surface area (Å²) in [5, 5.41) is 8.75. The van der Waals surface area contributed by atoms with Crippen LogP contribution in [0.4, 0.5) is 8.78 Å². The van der Waals surface area contributed by atoms with Crippen LogP contribution >= 0.6 is 0 Å². The Morgan fingerprint density at radius 3 is 2.19 bits per heavy atom. The topological polar surface area (TPSA) is 63.6 Å². The number of carbonyl (C=O) groups excluding carboxylic acids is 1. The molecule has 0 aliphatic rings. The van der Waals surface area contributed by atoms with E-state index in [0.717, 1.165) is 12.1 Å². The number of carboxylic acid groups (broad SMARTS) is 1. The fraction of sp³-hybridized carbons (Fsp3) is 0.0667. The molecule has 0 heterocycles. The number of aromatic carboxylic acids is 1. The first kappa shape index (κ1) is 14.6. The largest absolute Gasteiger partial charge is 0.483 e. The highest BCUT2D eigenvalue weighted by atomic mass is 19.1. The second-order valence-corrected chi connectivity index (χ2v) is 4.22.